The maximum Gasteiger partial charge on any atom is 0.194 e. The molecule has 1 fully saturated rings. The molecule has 144 valence electrons. The molecule has 4 rings (SSSR count). The Balaban J connectivity index is 1.34. The highest BCUT2D eigenvalue weighted by atomic mass is 15.3. The third kappa shape index (κ3) is 4.14. The van der Waals surface area contributed by atoms with Gasteiger partial charge in [0.25, 0.3) is 0 Å². The number of nitrogens with zero attached hydrogens (tertiary/aromatic N) is 5. The van der Waals surface area contributed by atoms with Crippen LogP contribution in [0.3, 0.4) is 0 Å². The molecule has 3 aromatic rings. The fourth-order valence-corrected chi connectivity index (χ4v) is 3.50. The largest absolute Gasteiger partial charge is 0.368 e. The number of piperazine rings is 1. The summed E-state index contributed by atoms with van der Waals surface area (Å²) in [4.78, 5) is 13.4. The second-order valence-corrected chi connectivity index (χ2v) is 6.74. The minimum absolute atomic E-state index is 0.716. The van der Waals surface area contributed by atoms with E-state index in [2.05, 4.69) is 77.8 Å². The van der Waals surface area contributed by atoms with E-state index in [0.717, 1.165) is 43.5 Å². The Hall–Kier alpha value is -3.35. The van der Waals surface area contributed by atoms with Gasteiger partial charge in [0, 0.05) is 51.0 Å². The monoisotopic (exact) mass is 375 g/mol. The zero-order valence-electron chi connectivity index (χ0n) is 16.0. The molecule has 1 aliphatic heterocycles. The molecule has 2 heterocycles. The highest BCUT2D eigenvalue weighted by molar-refractivity contribution is 5.80. The summed E-state index contributed by atoms with van der Waals surface area (Å²) in [5.74, 6) is 1.72. The highest BCUT2D eigenvalue weighted by Gasteiger charge is 2.19. The van der Waals surface area contributed by atoms with Gasteiger partial charge in [0.15, 0.2) is 11.8 Å². The van der Waals surface area contributed by atoms with Crippen molar-refractivity contribution in [3.8, 4) is 11.4 Å². The predicted octanol–water partition coefficient (Wildman–Crippen LogP) is 2.37. The number of aliphatic imine (C=N–C) groups is 1. The quantitative estimate of drug-likeness (QED) is 0.541. The Morgan fingerprint density at radius 2 is 1.89 bits per heavy atom. The summed E-state index contributed by atoms with van der Waals surface area (Å²) in [5, 5.41) is 10.3. The average molecular weight is 375 g/mol. The normalized spacial score (nSPS) is 15.0. The smallest absolute Gasteiger partial charge is 0.194 e. The van der Waals surface area contributed by atoms with E-state index >= 15 is 0 Å². The van der Waals surface area contributed by atoms with Crippen molar-refractivity contribution in [3.63, 3.8) is 0 Å². The number of nitrogens with one attached hydrogen (secondary N) is 2. The lowest BCUT2D eigenvalue weighted by Gasteiger charge is -2.37. The average Bonchev–Trinajstić information content (AvgIpc) is 3.31. The van der Waals surface area contributed by atoms with Crippen molar-refractivity contribution >= 4 is 11.6 Å². The minimum atomic E-state index is 0.716. The van der Waals surface area contributed by atoms with Crippen molar-refractivity contribution < 1.29 is 0 Å². The standard InChI is InChI=1S/C21H25N7/c1-22-21(28-12-10-27(11-13-28)19-8-3-2-4-9-19)23-15-17-6-5-7-18(14-17)20-24-16-25-26-20/h2-9,14,16H,10-13,15H2,1H3,(H,22,23)(H,24,25,26). The predicted molar refractivity (Wildman–Crippen MR) is 112 cm³/mol. The molecule has 7 heteroatoms. The molecular weight excluding hydrogens is 350 g/mol. The molecule has 0 saturated carbocycles. The van der Waals surface area contributed by atoms with E-state index in [-0.39, 0.29) is 0 Å². The Kier molecular flexibility index (Phi) is 5.51. The van der Waals surface area contributed by atoms with Gasteiger partial charge in [-0.15, -0.1) is 0 Å². The van der Waals surface area contributed by atoms with Crippen LogP contribution in [0.1, 0.15) is 5.56 Å². The van der Waals surface area contributed by atoms with Gasteiger partial charge in [-0.2, -0.15) is 5.10 Å². The molecule has 2 N–H and O–H groups in total. The third-order valence-electron chi connectivity index (χ3n) is 4.98. The van der Waals surface area contributed by atoms with Crippen LogP contribution in [0.15, 0.2) is 65.9 Å². The van der Waals surface area contributed by atoms with Crippen LogP contribution >= 0.6 is 0 Å². The number of benzene rings is 2. The molecule has 1 saturated heterocycles. The molecule has 7 nitrogen and oxygen atoms in total. The number of aromatic nitrogens is 3. The summed E-state index contributed by atoms with van der Waals surface area (Å²) in [6.45, 7) is 4.60. The van der Waals surface area contributed by atoms with Gasteiger partial charge in [-0.05, 0) is 23.8 Å². The van der Waals surface area contributed by atoms with Gasteiger partial charge in [-0.25, -0.2) is 4.98 Å². The number of hydrogen-bond donors (Lipinski definition) is 2. The van der Waals surface area contributed by atoms with Crippen LogP contribution in [0.4, 0.5) is 5.69 Å². The van der Waals surface area contributed by atoms with Crippen molar-refractivity contribution in [2.45, 2.75) is 6.54 Å². The van der Waals surface area contributed by atoms with Crippen LogP contribution in [0.2, 0.25) is 0 Å². The van der Waals surface area contributed by atoms with Crippen molar-refractivity contribution in [2.75, 3.05) is 38.1 Å². The summed E-state index contributed by atoms with van der Waals surface area (Å²) >= 11 is 0. The maximum atomic E-state index is 4.48. The molecule has 0 radical (unpaired) electrons. The zero-order chi connectivity index (χ0) is 19.2. The van der Waals surface area contributed by atoms with E-state index in [1.54, 1.807) is 0 Å². The Morgan fingerprint density at radius 3 is 2.61 bits per heavy atom. The lowest BCUT2D eigenvalue weighted by molar-refractivity contribution is 0.372. The summed E-state index contributed by atoms with van der Waals surface area (Å²) in [5.41, 5.74) is 3.50. The maximum absolute atomic E-state index is 4.48. The second-order valence-electron chi connectivity index (χ2n) is 6.74. The van der Waals surface area contributed by atoms with Crippen LogP contribution in [0.25, 0.3) is 11.4 Å². The van der Waals surface area contributed by atoms with Crippen molar-refractivity contribution in [1.82, 2.24) is 25.4 Å². The van der Waals surface area contributed by atoms with Crippen LogP contribution < -0.4 is 10.2 Å². The highest BCUT2D eigenvalue weighted by Crippen LogP contribution is 2.17. The third-order valence-corrected chi connectivity index (χ3v) is 4.98. The minimum Gasteiger partial charge on any atom is -0.368 e. The van der Waals surface area contributed by atoms with Crippen LogP contribution in [-0.4, -0.2) is 59.3 Å². The first kappa shape index (κ1) is 18.0. The Labute approximate surface area is 165 Å². The van der Waals surface area contributed by atoms with Crippen molar-refractivity contribution in [1.29, 1.82) is 0 Å². The van der Waals surface area contributed by atoms with E-state index in [9.17, 15) is 0 Å². The number of rotatable bonds is 4. The van der Waals surface area contributed by atoms with E-state index in [1.807, 2.05) is 19.2 Å². The molecule has 0 atom stereocenters. The van der Waals surface area contributed by atoms with Gasteiger partial charge < -0.3 is 15.1 Å². The van der Waals surface area contributed by atoms with Crippen molar-refractivity contribution in [3.05, 3.63) is 66.5 Å². The van der Waals surface area contributed by atoms with Gasteiger partial charge in [0.2, 0.25) is 0 Å². The molecule has 2 aromatic carbocycles. The van der Waals surface area contributed by atoms with Crippen LogP contribution in [-0.2, 0) is 6.54 Å². The molecule has 28 heavy (non-hydrogen) atoms. The molecule has 0 bridgehead atoms. The number of H-pyrrole nitrogens is 1. The van der Waals surface area contributed by atoms with Gasteiger partial charge in [0.05, 0.1) is 0 Å². The van der Waals surface area contributed by atoms with Gasteiger partial charge in [-0.1, -0.05) is 36.4 Å². The van der Waals surface area contributed by atoms with E-state index in [0.29, 0.717) is 6.54 Å². The fraction of sp³-hybridized carbons (Fsp3) is 0.286. The van der Waals surface area contributed by atoms with E-state index in [4.69, 9.17) is 0 Å². The van der Waals surface area contributed by atoms with E-state index in [1.165, 1.54) is 17.6 Å². The number of anilines is 1. The number of para-hydroxylation sites is 1. The summed E-state index contributed by atoms with van der Waals surface area (Å²) in [6.07, 6.45) is 1.52. The first-order valence-electron chi connectivity index (χ1n) is 9.54. The fourth-order valence-electron chi connectivity index (χ4n) is 3.50. The first-order valence-corrected chi connectivity index (χ1v) is 9.54. The first-order chi connectivity index (χ1) is 13.8. The van der Waals surface area contributed by atoms with Gasteiger partial charge >= 0.3 is 0 Å². The van der Waals surface area contributed by atoms with Crippen LogP contribution in [0.5, 0.6) is 0 Å². The molecule has 1 aromatic heterocycles. The molecule has 1 aliphatic rings. The lowest BCUT2D eigenvalue weighted by atomic mass is 10.1. The molecule has 0 aliphatic carbocycles. The topological polar surface area (TPSA) is 72.4 Å². The van der Waals surface area contributed by atoms with Gasteiger partial charge in [-0.3, -0.25) is 10.1 Å². The molecular formula is C21H25N7. The van der Waals surface area contributed by atoms with Gasteiger partial charge in [0.1, 0.15) is 6.33 Å². The summed E-state index contributed by atoms with van der Waals surface area (Å²) < 4.78 is 0. The number of guanidine groups is 1. The zero-order valence-corrected chi connectivity index (χ0v) is 16.0. The summed E-state index contributed by atoms with van der Waals surface area (Å²) in [7, 11) is 1.84. The van der Waals surface area contributed by atoms with Crippen LogP contribution in [0, 0.1) is 0 Å². The molecule has 0 unspecified atom stereocenters. The summed E-state index contributed by atoms with van der Waals surface area (Å²) in [6, 6.07) is 18.9. The Bertz CT molecular complexity index is 898. The molecule has 0 amide bonds. The second kappa shape index (κ2) is 8.56. The molecule has 0 spiro atoms. The SMILES string of the molecule is CN=C(NCc1cccc(-c2ncn[nH]2)c1)N1CCN(c2ccccc2)CC1. The number of hydrogen-bond acceptors (Lipinski definition) is 4. The lowest BCUT2D eigenvalue weighted by Crippen LogP contribution is -2.52. The van der Waals surface area contributed by atoms with E-state index < -0.39 is 0 Å². The Morgan fingerprint density at radius 1 is 1.07 bits per heavy atom. The number of aromatic amines is 1. The van der Waals surface area contributed by atoms with Crippen molar-refractivity contribution in [2.24, 2.45) is 4.99 Å².